The van der Waals surface area contributed by atoms with Gasteiger partial charge in [0.1, 0.15) is 12.4 Å². The van der Waals surface area contributed by atoms with Gasteiger partial charge in [0, 0.05) is 24.7 Å². The van der Waals surface area contributed by atoms with Crippen LogP contribution in [0.15, 0.2) is 47.6 Å². The van der Waals surface area contributed by atoms with Crippen LogP contribution in [0.4, 0.5) is 0 Å². The molecule has 1 aliphatic rings. The van der Waals surface area contributed by atoms with E-state index in [2.05, 4.69) is 29.0 Å². The molecule has 0 radical (unpaired) electrons. The molecule has 0 fully saturated rings. The highest BCUT2D eigenvalue weighted by Crippen LogP contribution is 2.22. The first-order chi connectivity index (χ1) is 12.2. The lowest BCUT2D eigenvalue weighted by Gasteiger charge is -2.11. The first kappa shape index (κ1) is 17.3. The minimum atomic E-state index is -0.0477. The molecule has 0 aliphatic carbocycles. The van der Waals surface area contributed by atoms with Gasteiger partial charge in [-0.15, -0.1) is 0 Å². The second-order valence-electron chi connectivity index (χ2n) is 6.26. The minimum absolute atomic E-state index is 0.0477. The summed E-state index contributed by atoms with van der Waals surface area (Å²) in [5.41, 5.74) is 3.81. The van der Waals surface area contributed by atoms with E-state index in [0.29, 0.717) is 25.3 Å². The molecule has 0 bridgehead atoms. The SMILES string of the molecule is C[C@@H](CC(=O)Cc1cc2c(cn1)C(OCCO)=NC2)c1ccccc1. The molecule has 0 spiro atoms. The first-order valence-electron chi connectivity index (χ1n) is 8.50. The number of ether oxygens (including phenoxy) is 1. The summed E-state index contributed by atoms with van der Waals surface area (Å²) in [7, 11) is 0. The van der Waals surface area contributed by atoms with Gasteiger partial charge in [-0.3, -0.25) is 9.78 Å². The third kappa shape index (κ3) is 4.31. The lowest BCUT2D eigenvalue weighted by molar-refractivity contribution is -0.118. The number of carbonyl (C=O) groups excluding carboxylic acids is 1. The number of aliphatic imine (C=N–C) groups is 1. The molecule has 1 N–H and O–H groups in total. The third-order valence-electron chi connectivity index (χ3n) is 4.28. The third-order valence-corrected chi connectivity index (χ3v) is 4.28. The summed E-state index contributed by atoms with van der Waals surface area (Å²) in [5.74, 6) is 0.900. The van der Waals surface area contributed by atoms with Gasteiger partial charge in [-0.05, 0) is 23.1 Å². The quantitative estimate of drug-likeness (QED) is 0.842. The van der Waals surface area contributed by atoms with Gasteiger partial charge in [-0.1, -0.05) is 37.3 Å². The summed E-state index contributed by atoms with van der Waals surface area (Å²) in [6.07, 6.45) is 2.54. The predicted octanol–water partition coefficient (Wildman–Crippen LogP) is 2.66. The molecule has 1 aromatic heterocycles. The number of aliphatic hydroxyl groups excluding tert-OH is 1. The number of aliphatic hydroxyl groups is 1. The predicted molar refractivity (Wildman–Crippen MR) is 95.7 cm³/mol. The molecule has 0 saturated carbocycles. The van der Waals surface area contributed by atoms with Crippen molar-refractivity contribution >= 4 is 11.7 Å². The first-order valence-corrected chi connectivity index (χ1v) is 8.50. The minimum Gasteiger partial charge on any atom is -0.475 e. The smallest absolute Gasteiger partial charge is 0.218 e. The van der Waals surface area contributed by atoms with Crippen molar-refractivity contribution in [2.75, 3.05) is 13.2 Å². The van der Waals surface area contributed by atoms with Crippen molar-refractivity contribution in [3.05, 3.63) is 65.0 Å². The standard InChI is InChI=1S/C20H22N2O3/c1-14(15-5-3-2-4-6-15)9-18(24)11-17-10-16-12-22-20(25-8-7-23)19(16)13-21-17/h2-6,10,13-14,23H,7-9,11-12H2,1H3/t14-/m0/s1. The molecule has 0 saturated heterocycles. The fourth-order valence-corrected chi connectivity index (χ4v) is 2.99. The van der Waals surface area contributed by atoms with E-state index in [1.54, 1.807) is 6.20 Å². The second-order valence-corrected chi connectivity index (χ2v) is 6.26. The van der Waals surface area contributed by atoms with E-state index in [1.165, 1.54) is 5.56 Å². The van der Waals surface area contributed by atoms with Crippen molar-refractivity contribution in [2.45, 2.75) is 32.2 Å². The van der Waals surface area contributed by atoms with Gasteiger partial charge in [0.25, 0.3) is 0 Å². The normalized spacial score (nSPS) is 13.9. The highest BCUT2D eigenvalue weighted by molar-refractivity contribution is 5.97. The number of Topliss-reactive ketones (excluding diaryl/α,β-unsaturated/α-hetero) is 1. The molecule has 5 nitrogen and oxygen atoms in total. The van der Waals surface area contributed by atoms with Crippen LogP contribution in [0.25, 0.3) is 0 Å². The average Bonchev–Trinajstić information content (AvgIpc) is 3.02. The summed E-state index contributed by atoms with van der Waals surface area (Å²) in [4.78, 5) is 21.1. The summed E-state index contributed by atoms with van der Waals surface area (Å²) in [6, 6.07) is 12.0. The molecule has 130 valence electrons. The Morgan fingerprint density at radius 3 is 2.88 bits per heavy atom. The number of rotatable bonds is 7. The molecule has 2 aromatic rings. The van der Waals surface area contributed by atoms with Gasteiger partial charge in [0.15, 0.2) is 0 Å². The Kier molecular flexibility index (Phi) is 5.56. The van der Waals surface area contributed by atoms with Crippen molar-refractivity contribution in [3.63, 3.8) is 0 Å². The number of carbonyl (C=O) groups is 1. The van der Waals surface area contributed by atoms with Crippen molar-refractivity contribution in [2.24, 2.45) is 4.99 Å². The van der Waals surface area contributed by atoms with Crippen molar-refractivity contribution in [1.82, 2.24) is 4.98 Å². The molecule has 0 unspecified atom stereocenters. The zero-order valence-electron chi connectivity index (χ0n) is 14.3. The Bertz CT molecular complexity index is 772. The number of fused-ring (bicyclic) bond motifs is 1. The Morgan fingerprint density at radius 2 is 2.12 bits per heavy atom. The highest BCUT2D eigenvalue weighted by atomic mass is 16.5. The molecule has 5 heteroatoms. The largest absolute Gasteiger partial charge is 0.475 e. The van der Waals surface area contributed by atoms with E-state index >= 15 is 0 Å². The van der Waals surface area contributed by atoms with E-state index in [-0.39, 0.29) is 24.9 Å². The van der Waals surface area contributed by atoms with Crippen molar-refractivity contribution in [3.8, 4) is 0 Å². The molecule has 2 heterocycles. The van der Waals surface area contributed by atoms with Crippen LogP contribution in [0.1, 0.15) is 41.6 Å². The highest BCUT2D eigenvalue weighted by Gasteiger charge is 2.19. The molecule has 3 rings (SSSR count). The van der Waals surface area contributed by atoms with Gasteiger partial charge in [0.2, 0.25) is 5.90 Å². The van der Waals surface area contributed by atoms with E-state index in [1.807, 2.05) is 24.3 Å². The van der Waals surface area contributed by atoms with E-state index in [4.69, 9.17) is 9.84 Å². The Balaban J connectivity index is 1.60. The summed E-state index contributed by atoms with van der Waals surface area (Å²) in [5, 5.41) is 8.84. The molecule has 25 heavy (non-hydrogen) atoms. The van der Waals surface area contributed by atoms with Crippen LogP contribution >= 0.6 is 0 Å². The van der Waals surface area contributed by atoms with E-state index in [9.17, 15) is 4.79 Å². The Hall–Kier alpha value is -2.53. The zero-order chi connectivity index (χ0) is 17.6. The number of nitrogens with zero attached hydrogens (tertiary/aromatic N) is 2. The number of benzene rings is 1. The molecule has 1 aliphatic heterocycles. The summed E-state index contributed by atoms with van der Waals surface area (Å²) >= 11 is 0. The van der Waals surface area contributed by atoms with Gasteiger partial charge in [-0.25, -0.2) is 4.99 Å². The van der Waals surface area contributed by atoms with Gasteiger partial charge < -0.3 is 9.84 Å². The van der Waals surface area contributed by atoms with Crippen LogP contribution in [0, 0.1) is 0 Å². The number of pyridine rings is 1. The monoisotopic (exact) mass is 338 g/mol. The molecular weight excluding hydrogens is 316 g/mol. The molecule has 1 atom stereocenters. The zero-order valence-corrected chi connectivity index (χ0v) is 14.3. The fourth-order valence-electron chi connectivity index (χ4n) is 2.99. The van der Waals surface area contributed by atoms with Gasteiger partial charge in [-0.2, -0.15) is 0 Å². The van der Waals surface area contributed by atoms with Crippen LogP contribution < -0.4 is 0 Å². The second kappa shape index (κ2) is 8.03. The lowest BCUT2D eigenvalue weighted by Crippen LogP contribution is -2.11. The number of hydrogen-bond donors (Lipinski definition) is 1. The topological polar surface area (TPSA) is 71.8 Å². The van der Waals surface area contributed by atoms with Gasteiger partial charge >= 0.3 is 0 Å². The van der Waals surface area contributed by atoms with Crippen LogP contribution in [-0.2, 0) is 22.5 Å². The van der Waals surface area contributed by atoms with E-state index < -0.39 is 0 Å². The van der Waals surface area contributed by atoms with Crippen LogP contribution in [0.5, 0.6) is 0 Å². The van der Waals surface area contributed by atoms with Gasteiger partial charge in [0.05, 0.1) is 18.7 Å². The number of aromatic nitrogens is 1. The summed E-state index contributed by atoms with van der Waals surface area (Å²) < 4.78 is 5.39. The Labute approximate surface area is 147 Å². The van der Waals surface area contributed by atoms with E-state index in [0.717, 1.165) is 16.8 Å². The number of hydrogen-bond acceptors (Lipinski definition) is 5. The Morgan fingerprint density at radius 1 is 1.32 bits per heavy atom. The lowest BCUT2D eigenvalue weighted by atomic mass is 9.94. The molecule has 0 amide bonds. The van der Waals surface area contributed by atoms with Crippen molar-refractivity contribution in [1.29, 1.82) is 0 Å². The maximum atomic E-state index is 12.4. The maximum Gasteiger partial charge on any atom is 0.218 e. The van der Waals surface area contributed by atoms with Crippen LogP contribution in [-0.4, -0.2) is 35.0 Å². The van der Waals surface area contributed by atoms with Crippen molar-refractivity contribution < 1.29 is 14.6 Å². The summed E-state index contributed by atoms with van der Waals surface area (Å²) in [6.45, 7) is 2.77. The fraction of sp³-hybridized carbons (Fsp3) is 0.350. The molecule has 1 aromatic carbocycles. The maximum absolute atomic E-state index is 12.4. The average molecular weight is 338 g/mol. The van der Waals surface area contributed by atoms with Crippen LogP contribution in [0.3, 0.4) is 0 Å². The van der Waals surface area contributed by atoms with Crippen LogP contribution in [0.2, 0.25) is 0 Å². The molecular formula is C20H22N2O3. The number of ketones is 1.